The highest BCUT2D eigenvalue weighted by atomic mass is 16.5. The molecule has 1 aromatic heterocycles. The molecule has 106 valence electrons. The SMILES string of the molecule is NCCCc1cn(CC2OCCc3ccccc32)nn1. The average molecular weight is 272 g/mol. The first-order chi connectivity index (χ1) is 9.86. The molecule has 1 unspecified atom stereocenters. The Morgan fingerprint density at radius 1 is 1.35 bits per heavy atom. The summed E-state index contributed by atoms with van der Waals surface area (Å²) in [6, 6.07) is 8.47. The smallest absolute Gasteiger partial charge is 0.102 e. The van der Waals surface area contributed by atoms with E-state index in [0.29, 0.717) is 13.1 Å². The van der Waals surface area contributed by atoms with Crippen molar-refractivity contribution in [1.29, 1.82) is 0 Å². The molecule has 0 radical (unpaired) electrons. The van der Waals surface area contributed by atoms with E-state index in [-0.39, 0.29) is 6.10 Å². The maximum Gasteiger partial charge on any atom is 0.102 e. The van der Waals surface area contributed by atoms with E-state index in [1.165, 1.54) is 11.1 Å². The van der Waals surface area contributed by atoms with Gasteiger partial charge in [0.15, 0.2) is 0 Å². The molecule has 2 N–H and O–H groups in total. The summed E-state index contributed by atoms with van der Waals surface area (Å²) in [6.07, 6.45) is 4.89. The van der Waals surface area contributed by atoms with Gasteiger partial charge in [0, 0.05) is 6.20 Å². The molecule has 5 heteroatoms. The summed E-state index contributed by atoms with van der Waals surface area (Å²) < 4.78 is 7.76. The maximum atomic E-state index is 5.89. The molecular weight excluding hydrogens is 252 g/mol. The predicted octanol–water partition coefficient (Wildman–Crippen LogP) is 1.48. The fraction of sp³-hybridized carbons (Fsp3) is 0.467. The molecular formula is C15H20N4O. The van der Waals surface area contributed by atoms with E-state index in [1.807, 2.05) is 10.9 Å². The van der Waals surface area contributed by atoms with Crippen molar-refractivity contribution >= 4 is 0 Å². The van der Waals surface area contributed by atoms with Gasteiger partial charge in [0.25, 0.3) is 0 Å². The number of ether oxygens (including phenoxy) is 1. The fourth-order valence-electron chi connectivity index (χ4n) is 2.62. The van der Waals surface area contributed by atoms with E-state index in [2.05, 4.69) is 34.6 Å². The number of aryl methyl sites for hydroxylation is 1. The minimum atomic E-state index is 0.0732. The van der Waals surface area contributed by atoms with Crippen LogP contribution in [-0.4, -0.2) is 28.1 Å². The van der Waals surface area contributed by atoms with E-state index >= 15 is 0 Å². The summed E-state index contributed by atoms with van der Waals surface area (Å²) in [5.41, 5.74) is 9.17. The highest BCUT2D eigenvalue weighted by molar-refractivity contribution is 5.30. The second kappa shape index (κ2) is 6.15. The minimum absolute atomic E-state index is 0.0732. The molecule has 3 rings (SSSR count). The first-order valence-electron chi connectivity index (χ1n) is 7.15. The van der Waals surface area contributed by atoms with Gasteiger partial charge in [-0.15, -0.1) is 5.10 Å². The van der Waals surface area contributed by atoms with Crippen molar-refractivity contribution in [2.45, 2.75) is 31.9 Å². The molecule has 0 bridgehead atoms. The van der Waals surface area contributed by atoms with Crippen molar-refractivity contribution in [3.8, 4) is 0 Å². The Hall–Kier alpha value is -1.72. The average Bonchev–Trinajstić information content (AvgIpc) is 2.93. The summed E-state index contributed by atoms with van der Waals surface area (Å²) in [5.74, 6) is 0. The van der Waals surface area contributed by atoms with Crippen LogP contribution in [0.1, 0.15) is 29.3 Å². The maximum absolute atomic E-state index is 5.89. The van der Waals surface area contributed by atoms with E-state index in [4.69, 9.17) is 10.5 Å². The van der Waals surface area contributed by atoms with Crippen LogP contribution in [0.4, 0.5) is 0 Å². The number of hydrogen-bond acceptors (Lipinski definition) is 4. The largest absolute Gasteiger partial charge is 0.371 e. The van der Waals surface area contributed by atoms with Crippen LogP contribution in [0, 0.1) is 0 Å². The summed E-state index contributed by atoms with van der Waals surface area (Å²) in [5, 5.41) is 8.36. The van der Waals surface area contributed by atoms with Crippen LogP contribution in [-0.2, 0) is 24.1 Å². The van der Waals surface area contributed by atoms with Crippen molar-refractivity contribution in [3.63, 3.8) is 0 Å². The van der Waals surface area contributed by atoms with E-state index in [9.17, 15) is 0 Å². The van der Waals surface area contributed by atoms with Gasteiger partial charge in [-0.1, -0.05) is 29.5 Å². The molecule has 1 aliphatic rings. The fourth-order valence-corrected chi connectivity index (χ4v) is 2.62. The Morgan fingerprint density at radius 3 is 3.15 bits per heavy atom. The molecule has 1 aliphatic heterocycles. The first kappa shape index (κ1) is 13.3. The third kappa shape index (κ3) is 2.89. The molecule has 0 amide bonds. The summed E-state index contributed by atoms with van der Waals surface area (Å²) in [4.78, 5) is 0. The number of aromatic nitrogens is 3. The Balaban J connectivity index is 1.71. The number of fused-ring (bicyclic) bond motifs is 1. The molecule has 0 saturated heterocycles. The molecule has 2 aromatic rings. The van der Waals surface area contributed by atoms with Crippen molar-refractivity contribution in [3.05, 3.63) is 47.3 Å². The Bertz CT molecular complexity index is 567. The second-order valence-electron chi connectivity index (χ2n) is 5.13. The van der Waals surface area contributed by atoms with Crippen LogP contribution in [0.25, 0.3) is 0 Å². The van der Waals surface area contributed by atoms with E-state index in [1.54, 1.807) is 0 Å². The zero-order valence-electron chi connectivity index (χ0n) is 11.5. The van der Waals surface area contributed by atoms with Crippen molar-refractivity contribution in [2.24, 2.45) is 5.73 Å². The molecule has 2 heterocycles. The number of nitrogens with zero attached hydrogens (tertiary/aromatic N) is 3. The van der Waals surface area contributed by atoms with E-state index in [0.717, 1.165) is 31.6 Å². The van der Waals surface area contributed by atoms with Gasteiger partial charge in [-0.25, -0.2) is 4.68 Å². The van der Waals surface area contributed by atoms with Crippen LogP contribution < -0.4 is 5.73 Å². The molecule has 0 spiro atoms. The lowest BCUT2D eigenvalue weighted by atomic mass is 9.98. The highest BCUT2D eigenvalue weighted by Crippen LogP contribution is 2.27. The van der Waals surface area contributed by atoms with Crippen LogP contribution >= 0.6 is 0 Å². The van der Waals surface area contributed by atoms with Gasteiger partial charge in [-0.2, -0.15) is 0 Å². The third-order valence-corrected chi connectivity index (χ3v) is 3.67. The van der Waals surface area contributed by atoms with Crippen LogP contribution in [0.2, 0.25) is 0 Å². The molecule has 1 atom stereocenters. The van der Waals surface area contributed by atoms with Crippen LogP contribution in [0.3, 0.4) is 0 Å². The number of hydrogen-bond donors (Lipinski definition) is 1. The normalized spacial score (nSPS) is 17.9. The molecule has 5 nitrogen and oxygen atoms in total. The lowest BCUT2D eigenvalue weighted by Gasteiger charge is -2.25. The van der Waals surface area contributed by atoms with E-state index < -0.39 is 0 Å². The van der Waals surface area contributed by atoms with Gasteiger partial charge >= 0.3 is 0 Å². The second-order valence-corrected chi connectivity index (χ2v) is 5.13. The number of nitrogens with two attached hydrogens (primary N) is 1. The van der Waals surface area contributed by atoms with Gasteiger partial charge in [0.1, 0.15) is 6.10 Å². The van der Waals surface area contributed by atoms with Gasteiger partial charge in [0.2, 0.25) is 0 Å². The Labute approximate surface area is 118 Å². The Kier molecular flexibility index (Phi) is 4.08. The molecule has 20 heavy (non-hydrogen) atoms. The molecule has 0 fully saturated rings. The molecule has 0 saturated carbocycles. The predicted molar refractivity (Wildman–Crippen MR) is 76.2 cm³/mol. The monoisotopic (exact) mass is 272 g/mol. The van der Waals surface area contributed by atoms with Crippen molar-refractivity contribution in [1.82, 2.24) is 15.0 Å². The lowest BCUT2D eigenvalue weighted by Crippen LogP contribution is -2.20. The minimum Gasteiger partial charge on any atom is -0.371 e. The zero-order valence-corrected chi connectivity index (χ0v) is 11.5. The lowest BCUT2D eigenvalue weighted by molar-refractivity contribution is 0.0279. The highest BCUT2D eigenvalue weighted by Gasteiger charge is 2.21. The third-order valence-electron chi connectivity index (χ3n) is 3.67. The first-order valence-corrected chi connectivity index (χ1v) is 7.15. The molecule has 0 aliphatic carbocycles. The van der Waals surface area contributed by atoms with Gasteiger partial charge in [-0.05, 0) is 36.9 Å². The van der Waals surface area contributed by atoms with Gasteiger partial charge in [-0.3, -0.25) is 0 Å². The summed E-state index contributed by atoms with van der Waals surface area (Å²) >= 11 is 0. The van der Waals surface area contributed by atoms with Gasteiger partial charge < -0.3 is 10.5 Å². The Morgan fingerprint density at radius 2 is 2.25 bits per heavy atom. The van der Waals surface area contributed by atoms with Crippen LogP contribution in [0.5, 0.6) is 0 Å². The number of benzene rings is 1. The summed E-state index contributed by atoms with van der Waals surface area (Å²) in [6.45, 7) is 2.18. The van der Waals surface area contributed by atoms with Gasteiger partial charge in [0.05, 0.1) is 18.8 Å². The zero-order chi connectivity index (χ0) is 13.8. The number of rotatable bonds is 5. The quantitative estimate of drug-likeness (QED) is 0.895. The molecule has 1 aromatic carbocycles. The van der Waals surface area contributed by atoms with Crippen molar-refractivity contribution in [2.75, 3.05) is 13.2 Å². The topological polar surface area (TPSA) is 66.0 Å². The van der Waals surface area contributed by atoms with Crippen LogP contribution in [0.15, 0.2) is 30.5 Å². The summed E-state index contributed by atoms with van der Waals surface area (Å²) in [7, 11) is 0. The standard InChI is InChI=1S/C15H20N4O/c16-8-3-5-13-10-19(18-17-13)11-15-14-6-2-1-4-12(14)7-9-20-15/h1-2,4,6,10,15H,3,5,7-9,11,16H2. The van der Waals surface area contributed by atoms with Crippen molar-refractivity contribution < 1.29 is 4.74 Å².